The molecule has 2 aromatic carbocycles. The van der Waals surface area contributed by atoms with E-state index in [0.717, 1.165) is 49.0 Å². The second-order valence-corrected chi connectivity index (χ2v) is 10.1. The maximum Gasteiger partial charge on any atom is 0.338 e. The van der Waals surface area contributed by atoms with Gasteiger partial charge in [-0.1, -0.05) is 46.2 Å². The van der Waals surface area contributed by atoms with Crippen molar-refractivity contribution in [3.05, 3.63) is 42.0 Å². The topological polar surface area (TPSA) is 44.8 Å². The van der Waals surface area contributed by atoms with Crippen molar-refractivity contribution in [2.45, 2.75) is 59.5 Å². The van der Waals surface area contributed by atoms with Crippen LogP contribution in [-0.4, -0.2) is 31.9 Å². The molecule has 1 saturated carbocycles. The summed E-state index contributed by atoms with van der Waals surface area (Å²) in [6.45, 7) is 11.1. The molecule has 4 rings (SSSR count). The van der Waals surface area contributed by atoms with Gasteiger partial charge >= 0.3 is 5.97 Å². The highest BCUT2D eigenvalue weighted by Crippen LogP contribution is 2.36. The highest BCUT2D eigenvalue weighted by Gasteiger charge is 2.37. The largest absolute Gasteiger partial charge is 0.493 e. The van der Waals surface area contributed by atoms with E-state index in [1.165, 1.54) is 6.42 Å². The number of carbonyl (C=O) groups is 1. The van der Waals surface area contributed by atoms with Crippen molar-refractivity contribution >= 4 is 16.7 Å². The van der Waals surface area contributed by atoms with E-state index in [0.29, 0.717) is 29.9 Å². The number of benzene rings is 2. The Morgan fingerprint density at radius 2 is 1.87 bits per heavy atom. The van der Waals surface area contributed by atoms with Gasteiger partial charge in [-0.2, -0.15) is 0 Å². The number of fused-ring (bicyclic) bond motifs is 1. The van der Waals surface area contributed by atoms with E-state index in [9.17, 15) is 4.79 Å². The second-order valence-electron chi connectivity index (χ2n) is 10.1. The highest BCUT2D eigenvalue weighted by molar-refractivity contribution is 5.95. The summed E-state index contributed by atoms with van der Waals surface area (Å²) in [4.78, 5) is 12.9. The normalized spacial score (nSPS) is 25.3. The summed E-state index contributed by atoms with van der Waals surface area (Å²) in [6, 6.07) is 11.9. The zero-order valence-corrected chi connectivity index (χ0v) is 19.4. The molecule has 0 spiro atoms. The summed E-state index contributed by atoms with van der Waals surface area (Å²) in [5, 5.41) is 2.09. The first kappa shape index (κ1) is 22.1. The van der Waals surface area contributed by atoms with Gasteiger partial charge in [0, 0.05) is 0 Å². The average Bonchev–Trinajstić information content (AvgIpc) is 2.72. The fourth-order valence-electron chi connectivity index (χ4n) is 4.91. The van der Waals surface area contributed by atoms with E-state index < -0.39 is 0 Å². The van der Waals surface area contributed by atoms with Crippen LogP contribution in [0.3, 0.4) is 0 Å². The Labute approximate surface area is 186 Å². The van der Waals surface area contributed by atoms with E-state index in [1.54, 1.807) is 0 Å². The van der Waals surface area contributed by atoms with Gasteiger partial charge in [0.2, 0.25) is 0 Å². The fraction of sp³-hybridized carbons (Fsp3) is 0.593. The summed E-state index contributed by atoms with van der Waals surface area (Å²) in [7, 11) is 0. The summed E-state index contributed by atoms with van der Waals surface area (Å²) < 4.78 is 17.5. The average molecular weight is 425 g/mol. The zero-order valence-electron chi connectivity index (χ0n) is 19.4. The number of hydrogen-bond donors (Lipinski definition) is 0. The number of esters is 1. The van der Waals surface area contributed by atoms with Crippen molar-refractivity contribution in [1.29, 1.82) is 0 Å². The van der Waals surface area contributed by atoms with Crippen LogP contribution in [0, 0.1) is 23.2 Å². The summed E-state index contributed by atoms with van der Waals surface area (Å²) in [5.41, 5.74) is 0.783. The fourth-order valence-corrected chi connectivity index (χ4v) is 4.91. The lowest BCUT2D eigenvalue weighted by atomic mass is 9.75. The van der Waals surface area contributed by atoms with Crippen LogP contribution < -0.4 is 4.74 Å². The third kappa shape index (κ3) is 4.90. The molecule has 0 aromatic heterocycles. The molecule has 0 N–H and O–H groups in total. The van der Waals surface area contributed by atoms with Gasteiger partial charge in [0.25, 0.3) is 0 Å². The molecule has 3 atom stereocenters. The molecule has 1 aliphatic heterocycles. The van der Waals surface area contributed by atoms with E-state index in [1.807, 2.05) is 36.4 Å². The molecule has 4 heteroatoms. The summed E-state index contributed by atoms with van der Waals surface area (Å²) >= 11 is 0. The van der Waals surface area contributed by atoms with Crippen molar-refractivity contribution in [1.82, 2.24) is 0 Å². The van der Waals surface area contributed by atoms with Crippen LogP contribution in [0.15, 0.2) is 36.4 Å². The molecular weight excluding hydrogens is 388 g/mol. The molecule has 4 nitrogen and oxygen atoms in total. The zero-order chi connectivity index (χ0) is 22.0. The number of carbonyl (C=O) groups excluding carboxylic acids is 1. The smallest absolute Gasteiger partial charge is 0.338 e. The molecule has 2 aliphatic rings. The Morgan fingerprint density at radius 3 is 2.55 bits per heavy atom. The second kappa shape index (κ2) is 9.20. The van der Waals surface area contributed by atoms with Crippen LogP contribution in [0.4, 0.5) is 0 Å². The third-order valence-electron chi connectivity index (χ3n) is 7.38. The lowest BCUT2D eigenvalue weighted by Crippen LogP contribution is -2.46. The lowest BCUT2D eigenvalue weighted by Gasteiger charge is -2.40. The Hall–Kier alpha value is -2.07. The molecule has 1 aliphatic carbocycles. The van der Waals surface area contributed by atoms with Gasteiger partial charge in [0.05, 0.1) is 30.8 Å². The van der Waals surface area contributed by atoms with Crippen molar-refractivity contribution in [3.8, 4) is 5.75 Å². The predicted octanol–water partition coefficient (Wildman–Crippen LogP) is 6.26. The highest BCUT2D eigenvalue weighted by atomic mass is 16.5. The maximum absolute atomic E-state index is 12.9. The predicted molar refractivity (Wildman–Crippen MR) is 124 cm³/mol. The maximum atomic E-state index is 12.9. The van der Waals surface area contributed by atoms with E-state index in [-0.39, 0.29) is 17.5 Å². The first-order valence-corrected chi connectivity index (χ1v) is 11.8. The lowest BCUT2D eigenvalue weighted by molar-refractivity contribution is -0.133. The molecule has 0 bridgehead atoms. The first-order chi connectivity index (χ1) is 14.9. The standard InChI is InChI=1S/C27H36O4/c1-5-27(15-29-16-27)17-30-23-10-9-20-13-22(8-7-21(20)14-23)26(28)31-25-12-19(4)6-11-24(25)18(2)3/h7-10,13-14,18-19,24-25H,5-6,11-12,15-17H2,1-4H3. The molecule has 3 unspecified atom stereocenters. The van der Waals surface area contributed by atoms with Gasteiger partial charge < -0.3 is 14.2 Å². The van der Waals surface area contributed by atoms with Crippen LogP contribution >= 0.6 is 0 Å². The monoisotopic (exact) mass is 424 g/mol. The Kier molecular flexibility index (Phi) is 6.57. The molecule has 1 heterocycles. The number of hydrogen-bond acceptors (Lipinski definition) is 4. The van der Waals surface area contributed by atoms with Crippen molar-refractivity contribution < 1.29 is 19.0 Å². The van der Waals surface area contributed by atoms with Crippen molar-refractivity contribution in [2.24, 2.45) is 23.2 Å². The van der Waals surface area contributed by atoms with Crippen molar-refractivity contribution in [2.75, 3.05) is 19.8 Å². The van der Waals surface area contributed by atoms with Gasteiger partial charge in [-0.15, -0.1) is 0 Å². The summed E-state index contributed by atoms with van der Waals surface area (Å²) in [6.07, 6.45) is 4.41. The minimum atomic E-state index is -0.207. The molecule has 0 radical (unpaired) electrons. The Bertz CT molecular complexity index is 909. The van der Waals surface area contributed by atoms with Gasteiger partial charge in [0.15, 0.2) is 0 Å². The van der Waals surface area contributed by atoms with Gasteiger partial charge in [-0.3, -0.25) is 0 Å². The molecular formula is C27H36O4. The van der Waals surface area contributed by atoms with Crippen LogP contribution in [0.1, 0.15) is 63.7 Å². The molecule has 1 saturated heterocycles. The van der Waals surface area contributed by atoms with Gasteiger partial charge in [0.1, 0.15) is 11.9 Å². The van der Waals surface area contributed by atoms with E-state index >= 15 is 0 Å². The van der Waals surface area contributed by atoms with Gasteiger partial charge in [-0.25, -0.2) is 4.79 Å². The minimum Gasteiger partial charge on any atom is -0.493 e. The molecule has 31 heavy (non-hydrogen) atoms. The van der Waals surface area contributed by atoms with E-state index in [2.05, 4.69) is 27.7 Å². The van der Waals surface area contributed by atoms with Crippen LogP contribution in [0.5, 0.6) is 5.75 Å². The SMILES string of the molecule is CCC1(COc2ccc3cc(C(=O)OC4CC(C)CCC4C(C)C)ccc3c2)COC1. The van der Waals surface area contributed by atoms with Crippen LogP contribution in [0.25, 0.3) is 10.8 Å². The first-order valence-electron chi connectivity index (χ1n) is 11.8. The van der Waals surface area contributed by atoms with E-state index in [4.69, 9.17) is 14.2 Å². The third-order valence-corrected chi connectivity index (χ3v) is 7.38. The van der Waals surface area contributed by atoms with Gasteiger partial charge in [-0.05, 0) is 72.1 Å². The Balaban J connectivity index is 1.44. The quantitative estimate of drug-likeness (QED) is 0.492. The number of rotatable bonds is 7. The Morgan fingerprint density at radius 1 is 1.13 bits per heavy atom. The molecule has 2 fully saturated rings. The summed E-state index contributed by atoms with van der Waals surface area (Å²) in [5.74, 6) is 2.24. The molecule has 0 amide bonds. The number of ether oxygens (including phenoxy) is 3. The van der Waals surface area contributed by atoms with Crippen molar-refractivity contribution in [3.63, 3.8) is 0 Å². The van der Waals surface area contributed by atoms with Crippen LogP contribution in [-0.2, 0) is 9.47 Å². The van der Waals surface area contributed by atoms with Crippen LogP contribution in [0.2, 0.25) is 0 Å². The molecule has 168 valence electrons. The minimum absolute atomic E-state index is 0.0177. The molecule has 2 aromatic rings.